The van der Waals surface area contributed by atoms with E-state index in [-0.39, 0.29) is 29.1 Å². The van der Waals surface area contributed by atoms with Gasteiger partial charge in [0.25, 0.3) is 10.0 Å². The van der Waals surface area contributed by atoms with E-state index in [9.17, 15) is 13.2 Å². The molecule has 25 heavy (non-hydrogen) atoms. The van der Waals surface area contributed by atoms with Crippen LogP contribution < -0.4 is 15.8 Å². The number of nitrogens with two attached hydrogens (primary N) is 1. The summed E-state index contributed by atoms with van der Waals surface area (Å²) >= 11 is 0. The molecule has 0 spiro atoms. The highest BCUT2D eigenvalue weighted by Gasteiger charge is 2.30. The van der Waals surface area contributed by atoms with E-state index in [0.717, 1.165) is 12.8 Å². The van der Waals surface area contributed by atoms with Crippen LogP contribution in [0.3, 0.4) is 0 Å². The molecule has 1 aliphatic rings. The summed E-state index contributed by atoms with van der Waals surface area (Å²) in [4.78, 5) is 16.7. The average Bonchev–Trinajstić information content (AvgIpc) is 2.83. The second-order valence-electron chi connectivity index (χ2n) is 6.48. The van der Waals surface area contributed by atoms with E-state index in [1.807, 2.05) is 13.8 Å². The second-order valence-corrected chi connectivity index (χ2v) is 8.13. The van der Waals surface area contributed by atoms with Gasteiger partial charge in [0.15, 0.2) is 0 Å². The van der Waals surface area contributed by atoms with Gasteiger partial charge in [0, 0.05) is 24.1 Å². The van der Waals surface area contributed by atoms with E-state index in [0.29, 0.717) is 12.1 Å². The highest BCUT2D eigenvalue weighted by Crippen LogP contribution is 2.22. The van der Waals surface area contributed by atoms with Gasteiger partial charge in [-0.25, -0.2) is 8.42 Å². The topological polar surface area (TPSA) is 114 Å². The number of carbonyl (C=O) groups is 1. The summed E-state index contributed by atoms with van der Waals surface area (Å²) in [5, 5.41) is 2.84. The van der Waals surface area contributed by atoms with Crippen LogP contribution in [0.5, 0.6) is 0 Å². The van der Waals surface area contributed by atoms with Crippen LogP contribution in [0.2, 0.25) is 0 Å². The zero-order chi connectivity index (χ0) is 18.7. The van der Waals surface area contributed by atoms with Crippen LogP contribution in [0.25, 0.3) is 0 Å². The quantitative estimate of drug-likeness (QED) is 0.671. The Labute approximate surface area is 149 Å². The Hall–Kier alpha value is -1.93. The average molecular weight is 366 g/mol. The number of nitrogens with zero attached hydrogens (tertiary/aromatic N) is 1. The van der Waals surface area contributed by atoms with Crippen LogP contribution in [0, 0.1) is 0 Å². The Morgan fingerprint density at radius 2 is 1.96 bits per heavy atom. The number of benzene rings is 1. The highest BCUT2D eigenvalue weighted by molar-refractivity contribution is 7.90. The maximum atomic E-state index is 12.1. The fraction of sp³-hybridized carbons (Fsp3) is 0.529. The summed E-state index contributed by atoms with van der Waals surface area (Å²) in [6.45, 7) is 6.18. The summed E-state index contributed by atoms with van der Waals surface area (Å²) in [5.41, 5.74) is 6.31. The molecular weight excluding hydrogens is 340 g/mol. The molecule has 1 amide bonds. The summed E-state index contributed by atoms with van der Waals surface area (Å²) in [5.74, 6) is 0.133. The molecule has 138 valence electrons. The van der Waals surface area contributed by atoms with E-state index >= 15 is 0 Å². The van der Waals surface area contributed by atoms with E-state index in [2.05, 4.69) is 15.0 Å². The summed E-state index contributed by atoms with van der Waals surface area (Å²) < 4.78 is 26.6. The number of amides is 1. The minimum Gasteiger partial charge on any atom is -0.354 e. The normalized spacial score (nSPS) is 18.5. The second kappa shape index (κ2) is 7.53. The van der Waals surface area contributed by atoms with Crippen molar-refractivity contribution in [1.29, 1.82) is 0 Å². The first-order valence-corrected chi connectivity index (χ1v) is 9.94. The molecule has 0 radical (unpaired) electrons. The first kappa shape index (κ1) is 19.4. The van der Waals surface area contributed by atoms with E-state index in [4.69, 9.17) is 5.73 Å². The highest BCUT2D eigenvalue weighted by atomic mass is 32.2. The molecule has 0 saturated carbocycles. The molecule has 0 aliphatic carbocycles. The van der Waals surface area contributed by atoms with Crippen molar-refractivity contribution >= 4 is 21.8 Å². The fourth-order valence-corrected chi connectivity index (χ4v) is 3.85. The monoisotopic (exact) mass is 366 g/mol. The first-order chi connectivity index (χ1) is 11.7. The van der Waals surface area contributed by atoms with Crippen molar-refractivity contribution in [3.8, 4) is 0 Å². The zero-order valence-corrected chi connectivity index (χ0v) is 15.7. The molecule has 0 fully saturated rings. The predicted molar refractivity (Wildman–Crippen MR) is 97.9 cm³/mol. The predicted octanol–water partition coefficient (Wildman–Crippen LogP) is 1.14. The van der Waals surface area contributed by atoms with Crippen LogP contribution in [0.1, 0.15) is 45.6 Å². The van der Waals surface area contributed by atoms with Gasteiger partial charge in [-0.1, -0.05) is 26.0 Å². The van der Waals surface area contributed by atoms with Gasteiger partial charge >= 0.3 is 0 Å². The smallest absolute Gasteiger partial charge is 0.263 e. The summed E-state index contributed by atoms with van der Waals surface area (Å²) in [7, 11) is -3.56. The minimum atomic E-state index is -3.56. The number of sulfonamides is 1. The SMILES string of the molecule is CCC(N)(CC)CNC(=O)CC(C)N=C1NS(=O)(=O)c2ccccc21. The molecule has 1 atom stereocenters. The van der Waals surface area contributed by atoms with Gasteiger partial charge in [0.2, 0.25) is 5.91 Å². The molecule has 1 aromatic rings. The van der Waals surface area contributed by atoms with Crippen LogP contribution in [-0.4, -0.2) is 38.3 Å². The van der Waals surface area contributed by atoms with Crippen LogP contribution >= 0.6 is 0 Å². The molecule has 8 heteroatoms. The lowest BCUT2D eigenvalue weighted by Crippen LogP contribution is -2.49. The number of fused-ring (bicyclic) bond motifs is 1. The number of aliphatic imine (C=N–C) groups is 1. The van der Waals surface area contributed by atoms with Crippen molar-refractivity contribution in [2.24, 2.45) is 10.7 Å². The molecule has 0 saturated heterocycles. The number of rotatable bonds is 7. The third-order valence-electron chi connectivity index (χ3n) is 4.54. The fourth-order valence-electron chi connectivity index (χ4n) is 2.61. The summed E-state index contributed by atoms with van der Waals surface area (Å²) in [6.07, 6.45) is 1.72. The van der Waals surface area contributed by atoms with Gasteiger partial charge < -0.3 is 11.1 Å². The maximum Gasteiger partial charge on any atom is 0.263 e. The number of amidine groups is 1. The van der Waals surface area contributed by atoms with E-state index < -0.39 is 15.6 Å². The molecule has 1 aromatic carbocycles. The van der Waals surface area contributed by atoms with Gasteiger partial charge in [-0.2, -0.15) is 0 Å². The van der Waals surface area contributed by atoms with Gasteiger partial charge in [-0.15, -0.1) is 0 Å². The number of nitrogens with one attached hydrogen (secondary N) is 2. The largest absolute Gasteiger partial charge is 0.354 e. The van der Waals surface area contributed by atoms with Gasteiger partial charge in [-0.3, -0.25) is 14.5 Å². The van der Waals surface area contributed by atoms with Crippen molar-refractivity contribution in [3.63, 3.8) is 0 Å². The lowest BCUT2D eigenvalue weighted by atomic mass is 9.94. The molecule has 0 bridgehead atoms. The molecule has 1 aliphatic heterocycles. The van der Waals surface area contributed by atoms with Crippen LogP contribution in [0.4, 0.5) is 0 Å². The first-order valence-electron chi connectivity index (χ1n) is 8.46. The molecule has 1 unspecified atom stereocenters. The lowest BCUT2D eigenvalue weighted by Gasteiger charge is -2.27. The zero-order valence-electron chi connectivity index (χ0n) is 14.9. The third kappa shape index (κ3) is 4.58. The van der Waals surface area contributed by atoms with Gasteiger partial charge in [0.1, 0.15) is 5.84 Å². The van der Waals surface area contributed by atoms with Crippen molar-refractivity contribution < 1.29 is 13.2 Å². The Morgan fingerprint density at radius 1 is 1.32 bits per heavy atom. The van der Waals surface area contributed by atoms with E-state index in [1.165, 1.54) is 6.07 Å². The molecule has 2 rings (SSSR count). The molecule has 1 heterocycles. The van der Waals surface area contributed by atoms with Crippen molar-refractivity contribution in [2.75, 3.05) is 6.54 Å². The van der Waals surface area contributed by atoms with Crippen molar-refractivity contribution in [1.82, 2.24) is 10.0 Å². The molecule has 7 nitrogen and oxygen atoms in total. The van der Waals surface area contributed by atoms with Crippen molar-refractivity contribution in [2.45, 2.75) is 56.5 Å². The van der Waals surface area contributed by atoms with Crippen LogP contribution in [0.15, 0.2) is 34.2 Å². The Morgan fingerprint density at radius 3 is 2.60 bits per heavy atom. The number of hydrogen-bond donors (Lipinski definition) is 3. The Kier molecular flexibility index (Phi) is 5.84. The number of carbonyl (C=O) groups excluding carboxylic acids is 1. The minimum absolute atomic E-state index is 0.150. The molecule has 4 N–H and O–H groups in total. The molecule has 0 aromatic heterocycles. The van der Waals surface area contributed by atoms with Crippen molar-refractivity contribution in [3.05, 3.63) is 29.8 Å². The summed E-state index contributed by atoms with van der Waals surface area (Å²) in [6, 6.07) is 6.29. The standard InChI is InChI=1S/C17H26N4O3S/c1-4-17(18,5-2)11-19-15(22)10-12(3)20-16-13-8-6-7-9-14(13)25(23,24)21-16/h6-9,12H,4-5,10-11,18H2,1-3H3,(H,19,22)(H,20,21). The number of hydrogen-bond acceptors (Lipinski definition) is 5. The molecular formula is C17H26N4O3S. The maximum absolute atomic E-state index is 12.1. The Balaban J connectivity index is 2.02. The van der Waals surface area contributed by atoms with Gasteiger partial charge in [-0.05, 0) is 31.9 Å². The lowest BCUT2D eigenvalue weighted by molar-refractivity contribution is -0.121. The van der Waals surface area contributed by atoms with Gasteiger partial charge in [0.05, 0.1) is 10.9 Å². The third-order valence-corrected chi connectivity index (χ3v) is 5.94. The van der Waals surface area contributed by atoms with Crippen LogP contribution in [-0.2, 0) is 14.8 Å². The van der Waals surface area contributed by atoms with E-state index in [1.54, 1.807) is 25.1 Å². The Bertz CT molecular complexity index is 770.